The summed E-state index contributed by atoms with van der Waals surface area (Å²) in [5.41, 5.74) is 2.49. The van der Waals surface area contributed by atoms with Crippen molar-refractivity contribution in [1.82, 2.24) is 4.90 Å². The number of amides is 1. The zero-order chi connectivity index (χ0) is 19.4. The van der Waals surface area contributed by atoms with E-state index in [-0.39, 0.29) is 18.1 Å². The Morgan fingerprint density at radius 2 is 2.04 bits per heavy atom. The molecule has 1 heterocycles. The highest BCUT2D eigenvalue weighted by Gasteiger charge is 2.35. The highest BCUT2D eigenvalue weighted by atomic mass is 16.5. The van der Waals surface area contributed by atoms with Crippen LogP contribution in [0.1, 0.15) is 42.4 Å². The lowest BCUT2D eigenvalue weighted by atomic mass is 10.0. The van der Waals surface area contributed by atoms with Crippen LogP contribution in [0.25, 0.3) is 0 Å². The van der Waals surface area contributed by atoms with Gasteiger partial charge in [-0.15, -0.1) is 0 Å². The van der Waals surface area contributed by atoms with Crippen LogP contribution in [-0.4, -0.2) is 30.6 Å². The third-order valence-electron chi connectivity index (χ3n) is 4.89. The van der Waals surface area contributed by atoms with E-state index in [4.69, 9.17) is 9.47 Å². The van der Waals surface area contributed by atoms with E-state index in [1.54, 1.807) is 13.2 Å². The second-order valence-electron chi connectivity index (χ2n) is 6.57. The molecule has 0 fully saturated rings. The number of carbonyl (C=O) groups excluding carboxylic acids is 1. The van der Waals surface area contributed by atoms with Crippen molar-refractivity contribution in [3.63, 3.8) is 0 Å². The lowest BCUT2D eigenvalue weighted by Gasteiger charge is -2.41. The molecule has 3 rings (SSSR count). The maximum Gasteiger partial charge on any atom is 0.258 e. The third-order valence-corrected chi connectivity index (χ3v) is 4.89. The predicted octanol–water partition coefficient (Wildman–Crippen LogP) is 4.63. The fraction of sp³-hybridized carbons (Fsp3) is 0.318. The molecule has 5 nitrogen and oxygen atoms in total. The summed E-state index contributed by atoms with van der Waals surface area (Å²) >= 11 is 0. The Hall–Kier alpha value is -2.95. The third kappa shape index (κ3) is 3.63. The second kappa shape index (κ2) is 8.16. The molecule has 1 N–H and O–H groups in total. The van der Waals surface area contributed by atoms with Gasteiger partial charge in [-0.3, -0.25) is 4.79 Å². The minimum atomic E-state index is -0.273. The standard InChI is InChI=1S/C22H26N2O3/c1-5-13-27-19-12-11-16(14-20(19)26-4)21-23-18-10-8-7-9-17(18)22(25)24(21)15(3)6-2/h5,7-12,14-15,21,23H,1,6,13H2,2-4H3/t15-,21+/m1/s1. The number of benzene rings is 2. The number of nitrogens with one attached hydrogen (secondary N) is 1. The quantitative estimate of drug-likeness (QED) is 0.726. The number of anilines is 1. The van der Waals surface area contributed by atoms with Crippen molar-refractivity contribution in [2.24, 2.45) is 0 Å². The topological polar surface area (TPSA) is 50.8 Å². The van der Waals surface area contributed by atoms with Gasteiger partial charge in [0, 0.05) is 11.7 Å². The molecule has 0 unspecified atom stereocenters. The number of carbonyl (C=O) groups is 1. The van der Waals surface area contributed by atoms with Crippen molar-refractivity contribution in [3.8, 4) is 11.5 Å². The lowest BCUT2D eigenvalue weighted by Crippen LogP contribution is -2.47. The van der Waals surface area contributed by atoms with Crippen LogP contribution in [-0.2, 0) is 0 Å². The maximum atomic E-state index is 13.2. The van der Waals surface area contributed by atoms with E-state index in [9.17, 15) is 4.79 Å². The first-order valence-electron chi connectivity index (χ1n) is 9.20. The van der Waals surface area contributed by atoms with Crippen molar-refractivity contribution in [2.45, 2.75) is 32.5 Å². The van der Waals surface area contributed by atoms with E-state index in [2.05, 4.69) is 25.7 Å². The average molecular weight is 366 g/mol. The highest BCUT2D eigenvalue weighted by molar-refractivity contribution is 6.01. The Balaban J connectivity index is 2.02. The molecule has 1 amide bonds. The summed E-state index contributed by atoms with van der Waals surface area (Å²) in [6.07, 6.45) is 2.28. The number of nitrogens with zero attached hydrogens (tertiary/aromatic N) is 1. The summed E-state index contributed by atoms with van der Waals surface area (Å²) < 4.78 is 11.2. The maximum absolute atomic E-state index is 13.2. The summed E-state index contributed by atoms with van der Waals surface area (Å²) in [7, 11) is 1.61. The fourth-order valence-corrected chi connectivity index (χ4v) is 3.29. The fourth-order valence-electron chi connectivity index (χ4n) is 3.29. The summed E-state index contributed by atoms with van der Waals surface area (Å²) in [6.45, 7) is 8.23. The first-order valence-corrected chi connectivity index (χ1v) is 9.20. The van der Waals surface area contributed by atoms with Crippen LogP contribution in [0.4, 0.5) is 5.69 Å². The average Bonchev–Trinajstić information content (AvgIpc) is 2.71. The van der Waals surface area contributed by atoms with Crippen molar-refractivity contribution in [1.29, 1.82) is 0 Å². The molecule has 0 spiro atoms. The predicted molar refractivity (Wildman–Crippen MR) is 107 cm³/mol. The van der Waals surface area contributed by atoms with E-state index in [0.717, 1.165) is 17.7 Å². The summed E-state index contributed by atoms with van der Waals surface area (Å²) in [5.74, 6) is 1.32. The van der Waals surface area contributed by atoms with Crippen LogP contribution < -0.4 is 14.8 Å². The van der Waals surface area contributed by atoms with Crippen LogP contribution in [0.15, 0.2) is 55.1 Å². The molecular formula is C22H26N2O3. The molecule has 0 radical (unpaired) electrons. The van der Waals surface area contributed by atoms with Crippen LogP contribution >= 0.6 is 0 Å². The Bertz CT molecular complexity index is 834. The molecule has 2 aromatic rings. The number of fused-ring (bicyclic) bond motifs is 1. The largest absolute Gasteiger partial charge is 0.493 e. The van der Waals surface area contributed by atoms with Gasteiger partial charge in [-0.1, -0.05) is 37.8 Å². The van der Waals surface area contributed by atoms with E-state index < -0.39 is 0 Å². The monoisotopic (exact) mass is 366 g/mol. The Morgan fingerprint density at radius 1 is 1.26 bits per heavy atom. The van der Waals surface area contributed by atoms with Crippen LogP contribution in [0.5, 0.6) is 11.5 Å². The summed E-state index contributed by atoms with van der Waals surface area (Å²) in [5, 5.41) is 3.52. The molecule has 1 aliphatic rings. The number of methoxy groups -OCH3 is 1. The number of para-hydroxylation sites is 1. The van der Waals surface area contributed by atoms with Crippen molar-refractivity contribution in [2.75, 3.05) is 19.0 Å². The minimum Gasteiger partial charge on any atom is -0.493 e. The number of ether oxygens (including phenoxy) is 2. The second-order valence-corrected chi connectivity index (χ2v) is 6.57. The van der Waals surface area contributed by atoms with Crippen LogP contribution in [0.3, 0.4) is 0 Å². The smallest absolute Gasteiger partial charge is 0.258 e. The number of rotatable bonds is 7. The van der Waals surface area contributed by atoms with Crippen molar-refractivity contribution < 1.29 is 14.3 Å². The molecule has 5 heteroatoms. The molecule has 2 aromatic carbocycles. The Morgan fingerprint density at radius 3 is 2.74 bits per heavy atom. The molecule has 0 aromatic heterocycles. The molecule has 0 aliphatic carbocycles. The van der Waals surface area contributed by atoms with Gasteiger partial charge in [-0.25, -0.2) is 0 Å². The van der Waals surface area contributed by atoms with E-state index in [1.165, 1.54) is 0 Å². The molecule has 0 bridgehead atoms. The van der Waals surface area contributed by atoms with Gasteiger partial charge in [0.15, 0.2) is 11.5 Å². The number of hydrogen-bond acceptors (Lipinski definition) is 4. The van der Waals surface area contributed by atoms with Gasteiger partial charge in [-0.05, 0) is 43.2 Å². The van der Waals surface area contributed by atoms with Gasteiger partial charge in [0.25, 0.3) is 5.91 Å². The molecule has 2 atom stereocenters. The summed E-state index contributed by atoms with van der Waals surface area (Å²) in [4.78, 5) is 15.1. The van der Waals surface area contributed by atoms with Gasteiger partial charge < -0.3 is 19.7 Å². The molecule has 142 valence electrons. The van der Waals surface area contributed by atoms with Gasteiger partial charge >= 0.3 is 0 Å². The normalized spacial score (nSPS) is 16.9. The van der Waals surface area contributed by atoms with Gasteiger partial charge in [-0.2, -0.15) is 0 Å². The van der Waals surface area contributed by atoms with E-state index in [0.29, 0.717) is 23.7 Å². The molecular weight excluding hydrogens is 340 g/mol. The van der Waals surface area contributed by atoms with E-state index in [1.807, 2.05) is 47.4 Å². The number of hydrogen-bond donors (Lipinski definition) is 1. The molecule has 27 heavy (non-hydrogen) atoms. The summed E-state index contributed by atoms with van der Waals surface area (Å²) in [6, 6.07) is 13.5. The SMILES string of the molecule is C=CCOc1ccc([C@H]2Nc3ccccc3C(=O)N2[C@H](C)CC)cc1OC. The first kappa shape index (κ1) is 18.8. The van der Waals surface area contributed by atoms with Crippen LogP contribution in [0.2, 0.25) is 0 Å². The van der Waals surface area contributed by atoms with Gasteiger partial charge in [0.2, 0.25) is 0 Å². The zero-order valence-electron chi connectivity index (χ0n) is 16.1. The highest BCUT2D eigenvalue weighted by Crippen LogP contribution is 2.38. The van der Waals surface area contributed by atoms with Crippen molar-refractivity contribution in [3.05, 3.63) is 66.2 Å². The lowest BCUT2D eigenvalue weighted by molar-refractivity contribution is 0.0593. The molecule has 0 saturated carbocycles. The zero-order valence-corrected chi connectivity index (χ0v) is 16.1. The first-order chi connectivity index (χ1) is 13.1. The minimum absolute atomic E-state index is 0.0367. The molecule has 1 aliphatic heterocycles. The van der Waals surface area contributed by atoms with Crippen LogP contribution in [0, 0.1) is 0 Å². The Kier molecular flexibility index (Phi) is 5.69. The van der Waals surface area contributed by atoms with Crippen molar-refractivity contribution >= 4 is 11.6 Å². The van der Waals surface area contributed by atoms with Gasteiger partial charge in [0.1, 0.15) is 12.8 Å². The van der Waals surface area contributed by atoms with Gasteiger partial charge in [0.05, 0.1) is 12.7 Å². The Labute approximate surface area is 160 Å². The molecule has 0 saturated heterocycles. The van der Waals surface area contributed by atoms with E-state index >= 15 is 0 Å².